The number of rotatable bonds is 9. The third kappa shape index (κ3) is 7.39. The summed E-state index contributed by atoms with van der Waals surface area (Å²) < 4.78 is 28.9. The Hall–Kier alpha value is -8.66. The molecule has 0 radical (unpaired) electrons. The molecule has 0 amide bonds. The summed E-state index contributed by atoms with van der Waals surface area (Å²) in [5.74, 6) is 1.55. The highest BCUT2D eigenvalue weighted by Crippen LogP contribution is 2.35. The van der Waals surface area contributed by atoms with Crippen molar-refractivity contribution in [2.45, 2.75) is 0 Å². The van der Waals surface area contributed by atoms with Crippen molar-refractivity contribution >= 4 is 100 Å². The topological polar surface area (TPSA) is 76.2 Å². The summed E-state index contributed by atoms with van der Waals surface area (Å²) in [4.78, 5) is 16.5. The Morgan fingerprint density at radius 3 is 1.07 bits per heavy atom. The van der Waals surface area contributed by atoms with Gasteiger partial charge in [-0.25, -0.2) is 0 Å². The van der Waals surface area contributed by atoms with Crippen molar-refractivity contribution in [2.75, 3.05) is 6.23 Å². The van der Waals surface area contributed by atoms with Gasteiger partial charge < -0.3 is 12.7 Å². The highest BCUT2D eigenvalue weighted by Gasteiger charge is 2.62. The monoisotopic (exact) mass is 1020 g/mol. The molecule has 0 N–H and O–H groups in total. The first-order valence-corrected chi connectivity index (χ1v) is 31.0. The van der Waals surface area contributed by atoms with Crippen LogP contribution in [0.25, 0.3) is 66.9 Å². The number of fused-ring (bicyclic) bond motifs is 6. The van der Waals surface area contributed by atoms with Crippen molar-refractivity contribution in [3.8, 4) is 23.3 Å². The van der Waals surface area contributed by atoms with E-state index in [4.69, 9.17) is 27.6 Å². The summed E-state index contributed by atoms with van der Waals surface area (Å²) in [5.41, 5.74) is 4.83. The summed E-state index contributed by atoms with van der Waals surface area (Å²) in [7, 11) is -11.1. The first-order chi connectivity index (χ1) is 37.1. The molecular formula is C64H47N5O3Si3. The zero-order valence-corrected chi connectivity index (χ0v) is 43.6. The van der Waals surface area contributed by atoms with Gasteiger partial charge in [-0.05, 0) is 61.5 Å². The molecule has 3 aromatic heterocycles. The summed E-state index contributed by atoms with van der Waals surface area (Å²) >= 11 is 0. The lowest BCUT2D eigenvalue weighted by atomic mass is 10.2. The lowest BCUT2D eigenvalue weighted by molar-refractivity contribution is 0.310. The molecule has 4 heterocycles. The minimum absolute atomic E-state index is 0.265. The molecule has 14 rings (SSSR count). The van der Waals surface area contributed by atoms with Crippen LogP contribution in [0.3, 0.4) is 0 Å². The Labute approximate surface area is 437 Å². The average molecular weight is 1020 g/mol. The van der Waals surface area contributed by atoms with Crippen LogP contribution in [0.15, 0.2) is 273 Å². The smallest absolute Gasteiger partial charge is 0.398 e. The number of hydrogen-bond donors (Lipinski definition) is 0. The van der Waals surface area contributed by atoms with E-state index in [0.717, 1.165) is 80.3 Å². The fourth-order valence-corrected chi connectivity index (χ4v) is 26.9. The fraction of sp³-hybridized carbons (Fsp3) is 0.0156. The van der Waals surface area contributed by atoms with E-state index < -0.39 is 25.4 Å². The van der Waals surface area contributed by atoms with Crippen molar-refractivity contribution in [1.82, 2.24) is 24.1 Å². The lowest BCUT2D eigenvalue weighted by Gasteiger charge is -2.41. The lowest BCUT2D eigenvalue weighted by Crippen LogP contribution is -2.76. The van der Waals surface area contributed by atoms with Crippen molar-refractivity contribution < 1.29 is 12.7 Å². The van der Waals surface area contributed by atoms with Gasteiger partial charge in [0.1, 0.15) is 0 Å². The third-order valence-electron chi connectivity index (χ3n) is 14.7. The van der Waals surface area contributed by atoms with Gasteiger partial charge in [0, 0.05) is 27.1 Å². The van der Waals surface area contributed by atoms with Gasteiger partial charge in [-0.3, -0.25) is 9.13 Å². The summed E-state index contributed by atoms with van der Waals surface area (Å²) in [6.45, 7) is 0. The first-order valence-electron chi connectivity index (χ1n) is 25.3. The fourth-order valence-electron chi connectivity index (χ4n) is 11.2. The van der Waals surface area contributed by atoms with Crippen LogP contribution in [0.4, 0.5) is 0 Å². The molecule has 10 aromatic carbocycles. The van der Waals surface area contributed by atoms with Gasteiger partial charge in [-0.1, -0.05) is 243 Å². The Bertz CT molecular complexity index is 3900. The number of aromatic nitrogens is 5. The van der Waals surface area contributed by atoms with Crippen LogP contribution in [0.5, 0.6) is 0 Å². The van der Waals surface area contributed by atoms with Gasteiger partial charge in [-0.2, -0.15) is 15.0 Å². The Kier molecular flexibility index (Phi) is 11.0. The van der Waals surface area contributed by atoms with E-state index in [0.29, 0.717) is 17.7 Å². The maximum Gasteiger partial charge on any atom is 0.398 e. The second-order valence-electron chi connectivity index (χ2n) is 19.0. The van der Waals surface area contributed by atoms with Gasteiger partial charge in [-0.15, -0.1) is 0 Å². The number of hydrogen-bond acceptors (Lipinski definition) is 6. The normalized spacial score (nSPS) is 16.3. The third-order valence-corrected chi connectivity index (χ3v) is 27.8. The quantitative estimate of drug-likeness (QED) is 0.134. The van der Waals surface area contributed by atoms with Crippen LogP contribution in [0.1, 0.15) is 0 Å². The number of nitrogens with zero attached hydrogens (tertiary/aromatic N) is 5. The molecule has 0 bridgehead atoms. The van der Waals surface area contributed by atoms with Crippen LogP contribution in [-0.2, 0) is 12.7 Å². The van der Waals surface area contributed by atoms with Crippen LogP contribution in [0.2, 0.25) is 0 Å². The minimum atomic E-state index is -3.83. The van der Waals surface area contributed by atoms with Crippen LogP contribution in [-0.4, -0.2) is 55.8 Å². The standard InChI is InChI=1S/C64H47N5O3Si3/c1-6-26-48(27-7-1)73(46-70-74(49-28-8-2-9-29-49,50-30-10-3-11-31-50)72-75(71-73,51-32-12-4-13-33-51)52-34-14-5-15-35-52)53-36-24-25-47(45-53)62-65-63(68-58-41-20-16-37-54(58)55-38-17-21-42-59(55)68)67-64(66-62)69-60-43-22-18-39-56(60)57-40-19-23-44-61(57)69/h1-45H,46H2. The second-order valence-corrected chi connectivity index (χ2v) is 28.8. The van der Waals surface area contributed by atoms with Crippen molar-refractivity contribution in [1.29, 1.82) is 0 Å². The van der Waals surface area contributed by atoms with Crippen molar-refractivity contribution in [2.24, 2.45) is 0 Å². The zero-order valence-electron chi connectivity index (χ0n) is 40.6. The van der Waals surface area contributed by atoms with E-state index in [9.17, 15) is 0 Å². The molecule has 11 heteroatoms. The van der Waals surface area contributed by atoms with Crippen molar-refractivity contribution in [3.05, 3.63) is 273 Å². The van der Waals surface area contributed by atoms with Gasteiger partial charge in [0.2, 0.25) is 11.9 Å². The van der Waals surface area contributed by atoms with Gasteiger partial charge in [0.25, 0.3) is 8.32 Å². The van der Waals surface area contributed by atoms with E-state index >= 15 is 0 Å². The van der Waals surface area contributed by atoms with E-state index in [2.05, 4.69) is 282 Å². The predicted molar refractivity (Wildman–Crippen MR) is 309 cm³/mol. The minimum Gasteiger partial charge on any atom is -0.421 e. The average Bonchev–Trinajstić information content (AvgIpc) is 3.99. The highest BCUT2D eigenvalue weighted by atomic mass is 28.5. The van der Waals surface area contributed by atoms with E-state index in [-0.39, 0.29) is 6.23 Å². The second kappa shape index (κ2) is 18.4. The maximum absolute atomic E-state index is 8.48. The predicted octanol–water partition coefficient (Wildman–Crippen LogP) is 9.91. The molecule has 1 aliphatic rings. The van der Waals surface area contributed by atoms with E-state index in [1.54, 1.807) is 0 Å². The molecule has 0 saturated carbocycles. The van der Waals surface area contributed by atoms with Crippen LogP contribution in [0, 0.1) is 0 Å². The molecule has 0 aliphatic carbocycles. The number of benzene rings is 10. The molecule has 1 saturated heterocycles. The van der Waals surface area contributed by atoms with Crippen molar-refractivity contribution in [3.63, 3.8) is 0 Å². The molecule has 1 fully saturated rings. The largest absolute Gasteiger partial charge is 0.421 e. The summed E-state index contributed by atoms with van der Waals surface area (Å²) in [6.07, 6.45) is 0.265. The molecular weight excluding hydrogens is 971 g/mol. The molecule has 1 unspecified atom stereocenters. The SMILES string of the molecule is c1ccc([Si]2(c3cccc(-c4nc(-n5c6ccccc6c6ccccc65)nc(-n5c6ccccc6c6ccccc65)n4)c3)CO[Si](c3ccccc3)(c3ccccc3)O[Si](c3ccccc3)(c3ccccc3)O2)cc1. The Morgan fingerprint density at radius 2 is 0.653 bits per heavy atom. The molecule has 8 nitrogen and oxygen atoms in total. The van der Waals surface area contributed by atoms with Crippen LogP contribution < -0.4 is 31.1 Å². The van der Waals surface area contributed by atoms with E-state index in [1.807, 2.05) is 0 Å². The Balaban J connectivity index is 1.05. The molecule has 358 valence electrons. The maximum atomic E-state index is 8.48. The molecule has 1 atom stereocenters. The van der Waals surface area contributed by atoms with Gasteiger partial charge in [0.05, 0.1) is 28.3 Å². The van der Waals surface area contributed by atoms with E-state index in [1.165, 1.54) is 0 Å². The summed E-state index contributed by atoms with van der Waals surface area (Å²) in [6, 6.07) is 95.6. The zero-order chi connectivity index (χ0) is 49.8. The highest BCUT2D eigenvalue weighted by molar-refractivity contribution is 7.12. The molecule has 0 spiro atoms. The molecule has 75 heavy (non-hydrogen) atoms. The van der Waals surface area contributed by atoms with Gasteiger partial charge in [0.15, 0.2) is 5.82 Å². The van der Waals surface area contributed by atoms with Crippen LogP contribution >= 0.6 is 0 Å². The first kappa shape index (κ1) is 45.0. The molecule has 1 aliphatic heterocycles. The number of para-hydroxylation sites is 4. The molecule has 13 aromatic rings. The Morgan fingerprint density at radius 1 is 0.307 bits per heavy atom. The summed E-state index contributed by atoms with van der Waals surface area (Å²) in [5, 5.41) is 10.6. The van der Waals surface area contributed by atoms with Gasteiger partial charge >= 0.3 is 17.1 Å².